The second-order valence-electron chi connectivity index (χ2n) is 4.43. The molecule has 8 nitrogen and oxygen atoms in total. The van der Waals surface area contributed by atoms with E-state index in [4.69, 9.17) is 0 Å². The average Bonchev–Trinajstić information content (AvgIpc) is 3.22. The molecule has 2 heterocycles. The topological polar surface area (TPSA) is 96.6 Å². The first-order valence-corrected chi connectivity index (χ1v) is 5.96. The molecule has 0 aliphatic carbocycles. The Bertz CT molecular complexity index is 832. The number of carbonyl (C=O) groups is 2. The number of methoxy groups -OCH3 is 2. The van der Waals surface area contributed by atoms with Crippen molar-refractivity contribution in [1.29, 1.82) is 0 Å². The molecule has 2 aromatic rings. The van der Waals surface area contributed by atoms with Crippen molar-refractivity contribution in [1.82, 2.24) is 9.36 Å². The van der Waals surface area contributed by atoms with Crippen LogP contribution in [0.1, 0.15) is 0 Å². The van der Waals surface area contributed by atoms with Gasteiger partial charge in [0.15, 0.2) is 0 Å². The fourth-order valence-electron chi connectivity index (χ4n) is 2.49. The maximum absolute atomic E-state index is 12.4. The highest BCUT2D eigenvalue weighted by Crippen LogP contribution is 2.32. The van der Waals surface area contributed by atoms with Gasteiger partial charge in [0, 0.05) is 0 Å². The highest BCUT2D eigenvalue weighted by atomic mass is 16.6. The zero-order valence-electron chi connectivity index (χ0n) is 11.2. The number of ether oxygens (including phenoxy) is 2. The molecule has 1 aliphatic rings. The van der Waals surface area contributed by atoms with Crippen molar-refractivity contribution >= 4 is 22.7 Å². The fourth-order valence-corrected chi connectivity index (χ4v) is 2.49. The first kappa shape index (κ1) is 13.1. The van der Waals surface area contributed by atoms with Crippen molar-refractivity contribution < 1.29 is 19.1 Å². The highest BCUT2D eigenvalue weighted by molar-refractivity contribution is 6.05. The van der Waals surface area contributed by atoms with Gasteiger partial charge in [0.2, 0.25) is 0 Å². The minimum atomic E-state index is -2.17. The van der Waals surface area contributed by atoms with Crippen molar-refractivity contribution in [2.24, 2.45) is 0 Å². The number of carbonyl (C=O) groups excluding carboxylic acids is 2. The Morgan fingerprint density at radius 1 is 0.905 bits per heavy atom. The van der Waals surface area contributed by atoms with Crippen LogP contribution in [0.4, 0.5) is 0 Å². The van der Waals surface area contributed by atoms with Gasteiger partial charge in [-0.3, -0.25) is 9.59 Å². The van der Waals surface area contributed by atoms with Gasteiger partial charge in [0.1, 0.15) is 0 Å². The molecule has 0 radical (unpaired) electrons. The Hall–Kier alpha value is -2.90. The van der Waals surface area contributed by atoms with Crippen LogP contribution in [0.25, 0.3) is 10.8 Å². The van der Waals surface area contributed by atoms with Crippen LogP contribution in [0.3, 0.4) is 0 Å². The molecule has 0 bridgehead atoms. The van der Waals surface area contributed by atoms with E-state index in [-0.39, 0.29) is 10.8 Å². The minimum Gasteiger partial charge on any atom is -0.465 e. The number of hydrogen-bond acceptors (Lipinski definition) is 6. The van der Waals surface area contributed by atoms with Crippen LogP contribution in [-0.4, -0.2) is 35.5 Å². The number of nitrogens with zero attached hydrogens (tertiary/aromatic N) is 2. The zero-order valence-corrected chi connectivity index (χ0v) is 11.2. The third kappa shape index (κ3) is 1.33. The zero-order chi connectivity index (χ0) is 15.4. The summed E-state index contributed by atoms with van der Waals surface area (Å²) in [6.07, 6.45) is 0. The van der Waals surface area contributed by atoms with Gasteiger partial charge in [0.25, 0.3) is 11.1 Å². The first-order chi connectivity index (χ1) is 10.0. The molecule has 21 heavy (non-hydrogen) atoms. The number of hydrogen-bond donors (Lipinski definition) is 0. The SMILES string of the molecule is COC(=O)C1(C(=O)OC)n2c(=O)c3ccccc3c(=O)n21. The van der Waals surface area contributed by atoms with Crippen molar-refractivity contribution in [3.63, 3.8) is 0 Å². The standard InChI is InChI=1S/C13H10N2O6/c1-20-11(18)13(12(19)21-2)14-9(16)7-5-3-4-6-8(7)10(17)15(13)14/h3-6H,1-2H3. The lowest BCUT2D eigenvalue weighted by molar-refractivity contribution is -0.160. The molecule has 0 atom stereocenters. The molecule has 0 amide bonds. The molecule has 1 aliphatic heterocycles. The van der Waals surface area contributed by atoms with E-state index in [1.54, 1.807) is 12.1 Å². The highest BCUT2D eigenvalue weighted by Gasteiger charge is 2.68. The summed E-state index contributed by atoms with van der Waals surface area (Å²) >= 11 is 0. The summed E-state index contributed by atoms with van der Waals surface area (Å²) in [7, 11) is 2.11. The van der Waals surface area contributed by atoms with E-state index < -0.39 is 28.7 Å². The van der Waals surface area contributed by atoms with Crippen LogP contribution in [0, 0.1) is 0 Å². The van der Waals surface area contributed by atoms with E-state index in [9.17, 15) is 19.2 Å². The van der Waals surface area contributed by atoms with Crippen LogP contribution >= 0.6 is 0 Å². The van der Waals surface area contributed by atoms with Crippen molar-refractivity contribution in [3.05, 3.63) is 45.0 Å². The largest absolute Gasteiger partial charge is 0.465 e. The predicted molar refractivity (Wildman–Crippen MR) is 69.9 cm³/mol. The third-order valence-corrected chi connectivity index (χ3v) is 3.49. The molecule has 0 spiro atoms. The molecular formula is C13H10N2O6. The van der Waals surface area contributed by atoms with Crippen molar-refractivity contribution in [2.45, 2.75) is 5.66 Å². The lowest BCUT2D eigenvalue weighted by Crippen LogP contribution is -2.41. The average molecular weight is 290 g/mol. The smallest absolute Gasteiger partial charge is 0.369 e. The van der Waals surface area contributed by atoms with Crippen molar-refractivity contribution in [2.75, 3.05) is 14.2 Å². The fraction of sp³-hybridized carbons (Fsp3) is 0.231. The van der Waals surface area contributed by atoms with E-state index in [1.165, 1.54) is 12.1 Å². The summed E-state index contributed by atoms with van der Waals surface area (Å²) in [5.41, 5.74) is -3.45. The van der Waals surface area contributed by atoms with Crippen LogP contribution in [0.2, 0.25) is 0 Å². The number of rotatable bonds is 2. The van der Waals surface area contributed by atoms with Gasteiger partial charge in [-0.05, 0) is 12.1 Å². The van der Waals surface area contributed by atoms with Gasteiger partial charge < -0.3 is 9.47 Å². The second-order valence-corrected chi connectivity index (χ2v) is 4.43. The maximum Gasteiger partial charge on any atom is 0.369 e. The summed E-state index contributed by atoms with van der Waals surface area (Å²) in [4.78, 5) is 48.7. The summed E-state index contributed by atoms with van der Waals surface area (Å²) in [6.45, 7) is 0. The van der Waals surface area contributed by atoms with Crippen LogP contribution in [0.15, 0.2) is 33.9 Å². The van der Waals surface area contributed by atoms with Gasteiger partial charge in [0.05, 0.1) is 25.0 Å². The monoisotopic (exact) mass is 290 g/mol. The van der Waals surface area contributed by atoms with Gasteiger partial charge in [-0.1, -0.05) is 12.1 Å². The molecule has 0 N–H and O–H groups in total. The summed E-state index contributed by atoms with van der Waals surface area (Å²) in [5.74, 6) is -2.10. The molecule has 0 saturated heterocycles. The number of aromatic nitrogens is 2. The van der Waals surface area contributed by atoms with E-state index in [1.807, 2.05) is 0 Å². The number of benzene rings is 1. The van der Waals surface area contributed by atoms with E-state index in [0.717, 1.165) is 23.6 Å². The summed E-state index contributed by atoms with van der Waals surface area (Å²) < 4.78 is 10.6. The molecule has 108 valence electrons. The molecular weight excluding hydrogens is 280 g/mol. The number of fused-ring (bicyclic) bond motifs is 2. The maximum atomic E-state index is 12.4. The summed E-state index contributed by atoms with van der Waals surface area (Å²) in [5, 5.41) is 0.238. The van der Waals surface area contributed by atoms with E-state index in [2.05, 4.69) is 9.47 Å². The molecule has 1 aromatic heterocycles. The quantitative estimate of drug-likeness (QED) is 0.521. The van der Waals surface area contributed by atoms with E-state index in [0.29, 0.717) is 0 Å². The Labute approximate surface area is 117 Å². The molecule has 3 rings (SSSR count). The molecule has 8 heteroatoms. The van der Waals surface area contributed by atoms with Gasteiger partial charge in [-0.25, -0.2) is 9.59 Å². The second kappa shape index (κ2) is 4.05. The van der Waals surface area contributed by atoms with Gasteiger partial charge in [-0.2, -0.15) is 9.36 Å². The molecule has 0 unspecified atom stereocenters. The molecule has 0 saturated carbocycles. The minimum absolute atomic E-state index is 0.119. The van der Waals surface area contributed by atoms with Crippen LogP contribution in [-0.2, 0) is 24.7 Å². The van der Waals surface area contributed by atoms with E-state index >= 15 is 0 Å². The Kier molecular flexibility index (Phi) is 2.52. The number of esters is 2. The lowest BCUT2D eigenvalue weighted by Gasteiger charge is -2.07. The third-order valence-electron chi connectivity index (χ3n) is 3.49. The van der Waals surface area contributed by atoms with Crippen LogP contribution in [0.5, 0.6) is 0 Å². The first-order valence-electron chi connectivity index (χ1n) is 5.96. The van der Waals surface area contributed by atoms with Gasteiger partial charge in [-0.15, -0.1) is 0 Å². The Balaban J connectivity index is 2.44. The Morgan fingerprint density at radius 3 is 1.62 bits per heavy atom. The normalized spacial score (nSPS) is 14.4. The molecule has 1 aromatic carbocycles. The predicted octanol–water partition coefficient (Wildman–Crippen LogP) is -0.976. The lowest BCUT2D eigenvalue weighted by atomic mass is 10.2. The Morgan fingerprint density at radius 2 is 1.29 bits per heavy atom. The van der Waals surface area contributed by atoms with Crippen molar-refractivity contribution in [3.8, 4) is 0 Å². The molecule has 0 fully saturated rings. The van der Waals surface area contributed by atoms with Crippen LogP contribution < -0.4 is 11.1 Å². The van der Waals surface area contributed by atoms with Gasteiger partial charge >= 0.3 is 17.6 Å². The summed E-state index contributed by atoms with van der Waals surface area (Å²) in [6, 6.07) is 6.07.